The Kier molecular flexibility index (Phi) is 6.77. The number of halogens is 1. The molecule has 0 aromatic heterocycles. The van der Waals surface area contributed by atoms with Crippen molar-refractivity contribution in [1.29, 1.82) is 0 Å². The van der Waals surface area contributed by atoms with E-state index < -0.39 is 0 Å². The highest BCUT2D eigenvalue weighted by atomic mass is 32.1. The molecule has 2 aromatic carbocycles. The number of hydrogen-bond acceptors (Lipinski definition) is 2. The third kappa shape index (κ3) is 5.25. The summed E-state index contributed by atoms with van der Waals surface area (Å²) in [6.07, 6.45) is 0. The van der Waals surface area contributed by atoms with Gasteiger partial charge in [0.2, 0.25) is 0 Å². The minimum Gasteiger partial charge on any atom is -0.370 e. The molecule has 1 atom stereocenters. The predicted molar refractivity (Wildman–Crippen MR) is 111 cm³/mol. The van der Waals surface area contributed by atoms with Crippen molar-refractivity contribution in [3.05, 3.63) is 65.0 Å². The van der Waals surface area contributed by atoms with Crippen LogP contribution in [0.1, 0.15) is 22.7 Å². The van der Waals surface area contributed by atoms with Gasteiger partial charge in [0.25, 0.3) is 0 Å². The first kappa shape index (κ1) is 19.7. The van der Waals surface area contributed by atoms with Gasteiger partial charge in [-0.2, -0.15) is 0 Å². The van der Waals surface area contributed by atoms with Crippen molar-refractivity contribution >= 4 is 23.0 Å². The third-order valence-corrected chi connectivity index (χ3v) is 5.33. The molecule has 0 saturated carbocycles. The van der Waals surface area contributed by atoms with Crippen LogP contribution in [0.4, 0.5) is 10.1 Å². The number of thiocarbonyl (C=S) groups is 1. The molecule has 144 valence electrons. The second kappa shape index (κ2) is 9.26. The van der Waals surface area contributed by atoms with Crippen molar-refractivity contribution in [3.63, 3.8) is 0 Å². The largest absolute Gasteiger partial charge is 0.370 e. The van der Waals surface area contributed by atoms with Crippen LogP contribution in [0, 0.1) is 19.7 Å². The van der Waals surface area contributed by atoms with Gasteiger partial charge in [-0.1, -0.05) is 30.3 Å². The first-order valence-corrected chi connectivity index (χ1v) is 9.74. The number of morpholine rings is 1. The van der Waals surface area contributed by atoms with Gasteiger partial charge in [0.1, 0.15) is 24.9 Å². The van der Waals surface area contributed by atoms with Gasteiger partial charge in [0.05, 0.1) is 19.8 Å². The molecule has 27 heavy (non-hydrogen) atoms. The zero-order valence-electron chi connectivity index (χ0n) is 15.8. The molecule has 0 aliphatic carbocycles. The van der Waals surface area contributed by atoms with E-state index in [4.69, 9.17) is 17.0 Å². The lowest BCUT2D eigenvalue weighted by Crippen LogP contribution is -3.15. The third-order valence-electron chi connectivity index (χ3n) is 5.09. The molecule has 0 radical (unpaired) electrons. The van der Waals surface area contributed by atoms with Crippen molar-refractivity contribution in [2.24, 2.45) is 0 Å². The van der Waals surface area contributed by atoms with Crippen LogP contribution >= 0.6 is 12.2 Å². The second-order valence-corrected chi connectivity index (χ2v) is 7.38. The fourth-order valence-corrected chi connectivity index (χ4v) is 3.72. The van der Waals surface area contributed by atoms with Crippen LogP contribution < -0.4 is 15.5 Å². The Balaban J connectivity index is 1.68. The summed E-state index contributed by atoms with van der Waals surface area (Å²) in [5, 5.41) is 7.29. The Morgan fingerprint density at radius 2 is 1.74 bits per heavy atom. The van der Waals surface area contributed by atoms with E-state index in [2.05, 4.69) is 36.6 Å². The van der Waals surface area contributed by atoms with Gasteiger partial charge in [0.15, 0.2) is 5.11 Å². The van der Waals surface area contributed by atoms with Gasteiger partial charge in [-0.25, -0.2) is 4.39 Å². The van der Waals surface area contributed by atoms with Crippen LogP contribution in [0.2, 0.25) is 0 Å². The van der Waals surface area contributed by atoms with Crippen molar-refractivity contribution in [2.45, 2.75) is 19.9 Å². The summed E-state index contributed by atoms with van der Waals surface area (Å²) in [5.74, 6) is -0.213. The van der Waals surface area contributed by atoms with Gasteiger partial charge in [-0.3, -0.25) is 0 Å². The summed E-state index contributed by atoms with van der Waals surface area (Å²) in [6, 6.07) is 13.1. The maximum Gasteiger partial charge on any atom is 0.171 e. The average Bonchev–Trinajstić information content (AvgIpc) is 2.67. The molecular weight excluding hydrogens is 361 g/mol. The van der Waals surface area contributed by atoms with Gasteiger partial charge >= 0.3 is 0 Å². The summed E-state index contributed by atoms with van der Waals surface area (Å²) in [5.41, 5.74) is 4.48. The van der Waals surface area contributed by atoms with Crippen LogP contribution in [0.5, 0.6) is 0 Å². The van der Waals surface area contributed by atoms with Crippen molar-refractivity contribution < 1.29 is 14.0 Å². The highest BCUT2D eigenvalue weighted by molar-refractivity contribution is 7.80. The Hall–Kier alpha value is -2.02. The van der Waals surface area contributed by atoms with E-state index in [1.165, 1.54) is 17.0 Å². The molecule has 3 N–H and O–H groups in total. The maximum atomic E-state index is 13.4. The number of anilines is 1. The Bertz CT molecular complexity index is 755. The minimum absolute atomic E-state index is 0.187. The van der Waals surface area contributed by atoms with Gasteiger partial charge in [-0.15, -0.1) is 0 Å². The Labute approximate surface area is 165 Å². The summed E-state index contributed by atoms with van der Waals surface area (Å²) < 4.78 is 18.8. The fourth-order valence-electron chi connectivity index (χ4n) is 3.54. The lowest BCUT2D eigenvalue weighted by molar-refractivity contribution is -0.937. The SMILES string of the molecule is Cc1cccc(C)c1NC(=S)NC[C@@H](c1ccc(F)cc1)[NH+]1CCOCC1. The van der Waals surface area contributed by atoms with E-state index in [0.717, 1.165) is 48.7 Å². The number of para-hydroxylation sites is 1. The summed E-state index contributed by atoms with van der Waals surface area (Å²) >= 11 is 5.53. The van der Waals surface area contributed by atoms with Crippen molar-refractivity contribution in [3.8, 4) is 0 Å². The molecule has 1 aliphatic heterocycles. The molecule has 3 rings (SSSR count). The minimum atomic E-state index is -0.213. The van der Waals surface area contributed by atoms with Crippen LogP contribution in [-0.2, 0) is 4.74 Å². The predicted octanol–water partition coefficient (Wildman–Crippen LogP) is 2.39. The first-order chi connectivity index (χ1) is 13.0. The van der Waals surface area contributed by atoms with E-state index in [-0.39, 0.29) is 11.9 Å². The fraction of sp³-hybridized carbons (Fsp3) is 0.381. The monoisotopic (exact) mass is 388 g/mol. The quantitative estimate of drug-likeness (QED) is 0.688. The Morgan fingerprint density at radius 3 is 2.37 bits per heavy atom. The molecule has 1 fully saturated rings. The molecule has 1 saturated heterocycles. The topological polar surface area (TPSA) is 37.7 Å². The molecular formula is C21H27FN3OS+. The molecule has 2 aromatic rings. The van der Waals surface area contributed by atoms with Gasteiger partial charge in [0, 0.05) is 11.3 Å². The van der Waals surface area contributed by atoms with Gasteiger partial charge < -0.3 is 20.3 Å². The second-order valence-electron chi connectivity index (χ2n) is 6.98. The summed E-state index contributed by atoms with van der Waals surface area (Å²) in [7, 11) is 0. The van der Waals surface area contributed by atoms with E-state index in [0.29, 0.717) is 11.7 Å². The lowest BCUT2D eigenvalue weighted by Gasteiger charge is -2.32. The number of ether oxygens (including phenoxy) is 1. The van der Waals surface area contributed by atoms with E-state index in [1.54, 1.807) is 0 Å². The lowest BCUT2D eigenvalue weighted by atomic mass is 10.0. The molecule has 4 nitrogen and oxygen atoms in total. The molecule has 0 amide bonds. The maximum absolute atomic E-state index is 13.4. The molecule has 6 heteroatoms. The molecule has 0 spiro atoms. The van der Waals surface area contributed by atoms with E-state index in [9.17, 15) is 4.39 Å². The number of quaternary nitrogens is 1. The van der Waals surface area contributed by atoms with Crippen LogP contribution in [0.25, 0.3) is 0 Å². The smallest absolute Gasteiger partial charge is 0.171 e. The van der Waals surface area contributed by atoms with Crippen LogP contribution in [0.3, 0.4) is 0 Å². The number of nitrogens with one attached hydrogen (secondary N) is 3. The standard InChI is InChI=1S/C21H26FN3OS/c1-15-4-3-5-16(2)20(15)24-21(27)23-14-19(25-10-12-26-13-11-25)17-6-8-18(22)9-7-17/h3-9,19H,10-14H2,1-2H3,(H2,23,24,27)/p+1/t19-/m0/s1. The zero-order chi connectivity index (χ0) is 19.2. The van der Waals surface area contributed by atoms with Crippen molar-refractivity contribution in [2.75, 3.05) is 38.2 Å². The number of benzene rings is 2. The molecule has 0 unspecified atom stereocenters. The van der Waals surface area contributed by atoms with E-state index >= 15 is 0 Å². The first-order valence-electron chi connectivity index (χ1n) is 9.33. The molecule has 1 heterocycles. The number of aryl methyl sites for hydroxylation is 2. The van der Waals surface area contributed by atoms with Crippen LogP contribution in [-0.4, -0.2) is 38.0 Å². The number of hydrogen-bond donors (Lipinski definition) is 3. The highest BCUT2D eigenvalue weighted by Gasteiger charge is 2.26. The molecule has 0 bridgehead atoms. The molecule has 1 aliphatic rings. The number of rotatable bonds is 5. The van der Waals surface area contributed by atoms with E-state index in [1.807, 2.05) is 18.2 Å². The summed E-state index contributed by atoms with van der Waals surface area (Å²) in [4.78, 5) is 1.43. The normalized spacial score (nSPS) is 16.0. The van der Waals surface area contributed by atoms with Crippen molar-refractivity contribution in [1.82, 2.24) is 5.32 Å². The Morgan fingerprint density at radius 1 is 1.11 bits per heavy atom. The van der Waals surface area contributed by atoms with Gasteiger partial charge in [-0.05, 0) is 49.3 Å². The average molecular weight is 389 g/mol. The zero-order valence-corrected chi connectivity index (χ0v) is 16.7. The summed E-state index contributed by atoms with van der Waals surface area (Å²) in [6.45, 7) is 8.17. The highest BCUT2D eigenvalue weighted by Crippen LogP contribution is 2.19. The van der Waals surface area contributed by atoms with Crippen LogP contribution in [0.15, 0.2) is 42.5 Å².